The number of benzene rings is 2. The number of aromatic nitrogens is 4. The zero-order chi connectivity index (χ0) is 22.5. The van der Waals surface area contributed by atoms with Gasteiger partial charge >= 0.3 is 6.18 Å². The van der Waals surface area contributed by atoms with Crippen molar-refractivity contribution in [1.82, 2.24) is 19.6 Å². The van der Waals surface area contributed by atoms with Crippen LogP contribution in [0.15, 0.2) is 48.7 Å². The number of rotatable bonds is 3. The molecule has 0 aliphatic heterocycles. The van der Waals surface area contributed by atoms with E-state index in [-0.39, 0.29) is 26.0 Å². The van der Waals surface area contributed by atoms with Gasteiger partial charge in [0.15, 0.2) is 10.8 Å². The molecule has 2 aromatic heterocycles. The minimum atomic E-state index is -4.67. The van der Waals surface area contributed by atoms with Crippen molar-refractivity contribution in [1.29, 1.82) is 0 Å². The molecule has 31 heavy (non-hydrogen) atoms. The van der Waals surface area contributed by atoms with Gasteiger partial charge in [0.25, 0.3) is 0 Å². The van der Waals surface area contributed by atoms with Crippen molar-refractivity contribution < 1.29 is 13.2 Å². The molecule has 0 unspecified atom stereocenters. The number of nitrogens with zero attached hydrogens (tertiary/aromatic N) is 4. The molecule has 0 aliphatic carbocycles. The first-order chi connectivity index (χ1) is 14.6. The SMILES string of the molecule is FC(F)(F)c1cc(Cl)n(-c2ccc(-n3cc(Cl)c(Cl)n3)c(Cl)c2-c2ccc(Cl)cc2)n1. The Kier molecular flexibility index (Phi) is 5.91. The lowest BCUT2D eigenvalue weighted by atomic mass is 10.0. The van der Waals surface area contributed by atoms with Gasteiger partial charge < -0.3 is 0 Å². The minimum absolute atomic E-state index is 0.0693. The fourth-order valence-corrected chi connectivity index (χ4v) is 3.89. The van der Waals surface area contributed by atoms with E-state index in [4.69, 9.17) is 58.0 Å². The lowest BCUT2D eigenvalue weighted by molar-refractivity contribution is -0.141. The first-order valence-corrected chi connectivity index (χ1v) is 10.3. The van der Waals surface area contributed by atoms with Gasteiger partial charge in [0.05, 0.1) is 27.6 Å². The third kappa shape index (κ3) is 4.25. The average Bonchev–Trinajstić information content (AvgIpc) is 3.24. The van der Waals surface area contributed by atoms with Gasteiger partial charge in [-0.2, -0.15) is 23.4 Å². The van der Waals surface area contributed by atoms with Crippen molar-refractivity contribution >= 4 is 58.0 Å². The third-order valence-electron chi connectivity index (χ3n) is 4.29. The minimum Gasteiger partial charge on any atom is -0.236 e. The lowest BCUT2D eigenvalue weighted by Gasteiger charge is -2.16. The van der Waals surface area contributed by atoms with Crippen LogP contribution in [0, 0.1) is 0 Å². The topological polar surface area (TPSA) is 35.6 Å². The van der Waals surface area contributed by atoms with E-state index in [2.05, 4.69) is 10.2 Å². The predicted molar refractivity (Wildman–Crippen MR) is 116 cm³/mol. The van der Waals surface area contributed by atoms with E-state index in [0.29, 0.717) is 21.8 Å². The van der Waals surface area contributed by atoms with Gasteiger partial charge in [-0.1, -0.05) is 70.1 Å². The molecule has 4 aromatic rings. The standard InChI is InChI=1S/C19H8Cl5F3N4/c20-10-3-1-9(2-4-10)16-12(31-15(22)7-14(28-31)19(25,26)27)5-6-13(17(16)23)30-8-11(21)18(24)29-30/h1-8H. The summed E-state index contributed by atoms with van der Waals surface area (Å²) in [6.07, 6.45) is -3.21. The summed E-state index contributed by atoms with van der Waals surface area (Å²) in [5.74, 6) is 0. The van der Waals surface area contributed by atoms with Crippen LogP contribution in [-0.2, 0) is 6.18 Å². The van der Waals surface area contributed by atoms with Gasteiger partial charge in [-0.15, -0.1) is 0 Å². The Hall–Kier alpha value is -1.90. The summed E-state index contributed by atoms with van der Waals surface area (Å²) in [6, 6.07) is 10.4. The highest BCUT2D eigenvalue weighted by atomic mass is 35.5. The highest BCUT2D eigenvalue weighted by Crippen LogP contribution is 2.40. The van der Waals surface area contributed by atoms with E-state index in [1.807, 2.05) is 0 Å². The van der Waals surface area contributed by atoms with Gasteiger partial charge in [-0.3, -0.25) is 0 Å². The number of hydrogen-bond donors (Lipinski definition) is 0. The molecule has 0 aliphatic rings. The molecule has 0 atom stereocenters. The summed E-state index contributed by atoms with van der Waals surface area (Å²) in [6.45, 7) is 0. The molecule has 0 N–H and O–H groups in total. The second-order valence-electron chi connectivity index (χ2n) is 6.27. The van der Waals surface area contributed by atoms with E-state index in [1.54, 1.807) is 30.3 Å². The van der Waals surface area contributed by atoms with Crippen molar-refractivity contribution in [2.45, 2.75) is 6.18 Å². The smallest absolute Gasteiger partial charge is 0.236 e. The highest BCUT2D eigenvalue weighted by Gasteiger charge is 2.35. The van der Waals surface area contributed by atoms with Crippen molar-refractivity contribution in [3.8, 4) is 22.5 Å². The van der Waals surface area contributed by atoms with Gasteiger partial charge in [-0.05, 0) is 29.8 Å². The molecule has 2 aromatic carbocycles. The number of hydrogen-bond acceptors (Lipinski definition) is 2. The monoisotopic (exact) mass is 524 g/mol. The quantitative estimate of drug-likeness (QED) is 0.271. The van der Waals surface area contributed by atoms with Crippen LogP contribution in [0.2, 0.25) is 25.4 Å². The Bertz CT molecular complexity index is 1260. The van der Waals surface area contributed by atoms with Crippen molar-refractivity contribution in [2.24, 2.45) is 0 Å². The van der Waals surface area contributed by atoms with Crippen LogP contribution < -0.4 is 0 Å². The van der Waals surface area contributed by atoms with Crippen LogP contribution in [0.1, 0.15) is 5.69 Å². The van der Waals surface area contributed by atoms with Crippen molar-refractivity contribution in [2.75, 3.05) is 0 Å². The zero-order valence-electron chi connectivity index (χ0n) is 14.9. The van der Waals surface area contributed by atoms with E-state index >= 15 is 0 Å². The zero-order valence-corrected chi connectivity index (χ0v) is 18.7. The third-order valence-corrected chi connectivity index (χ3v) is 5.85. The normalized spacial score (nSPS) is 11.9. The number of halogens is 8. The maximum atomic E-state index is 13.2. The largest absolute Gasteiger partial charge is 0.435 e. The van der Waals surface area contributed by atoms with Crippen LogP contribution in [0.3, 0.4) is 0 Å². The Labute approximate surface area is 198 Å². The highest BCUT2D eigenvalue weighted by molar-refractivity contribution is 6.41. The second kappa shape index (κ2) is 8.22. The number of alkyl halides is 3. The Balaban J connectivity index is 1.99. The maximum absolute atomic E-state index is 13.2. The van der Waals surface area contributed by atoms with Crippen LogP contribution in [0.4, 0.5) is 13.2 Å². The molecule has 4 nitrogen and oxygen atoms in total. The molecule has 0 spiro atoms. The molecule has 0 saturated heterocycles. The molecule has 0 saturated carbocycles. The van der Waals surface area contributed by atoms with E-state index < -0.39 is 11.9 Å². The van der Waals surface area contributed by atoms with Crippen LogP contribution >= 0.6 is 58.0 Å². The Morgan fingerprint density at radius 2 is 1.45 bits per heavy atom. The first-order valence-electron chi connectivity index (χ1n) is 8.39. The summed E-state index contributed by atoms with van der Waals surface area (Å²) < 4.78 is 41.8. The van der Waals surface area contributed by atoms with Gasteiger partial charge in [-0.25, -0.2) is 9.36 Å². The molecule has 0 fully saturated rings. The van der Waals surface area contributed by atoms with Crippen LogP contribution in [0.25, 0.3) is 22.5 Å². The molecule has 0 radical (unpaired) electrons. The van der Waals surface area contributed by atoms with E-state index in [1.165, 1.54) is 16.9 Å². The fourth-order valence-electron chi connectivity index (χ4n) is 2.92. The summed E-state index contributed by atoms with van der Waals surface area (Å²) in [5.41, 5.74) is 0.405. The van der Waals surface area contributed by atoms with Crippen LogP contribution in [0.5, 0.6) is 0 Å². The molecular weight excluding hydrogens is 518 g/mol. The van der Waals surface area contributed by atoms with Crippen molar-refractivity contribution in [3.05, 3.63) is 79.7 Å². The van der Waals surface area contributed by atoms with Crippen LogP contribution in [-0.4, -0.2) is 19.6 Å². The molecule has 160 valence electrons. The average molecular weight is 527 g/mol. The maximum Gasteiger partial charge on any atom is 0.435 e. The Morgan fingerprint density at radius 3 is 2.00 bits per heavy atom. The Morgan fingerprint density at radius 1 is 0.806 bits per heavy atom. The lowest BCUT2D eigenvalue weighted by Crippen LogP contribution is -2.08. The van der Waals surface area contributed by atoms with Gasteiger partial charge in [0, 0.05) is 16.7 Å². The predicted octanol–water partition coefficient (Wildman–Crippen LogP) is 8.01. The molecular formula is C19H8Cl5F3N4. The first kappa shape index (κ1) is 22.3. The molecule has 4 rings (SSSR count). The van der Waals surface area contributed by atoms with E-state index in [9.17, 15) is 13.2 Å². The molecule has 12 heteroatoms. The summed E-state index contributed by atoms with van der Waals surface area (Å²) in [7, 11) is 0. The van der Waals surface area contributed by atoms with E-state index in [0.717, 1.165) is 10.7 Å². The van der Waals surface area contributed by atoms with Gasteiger partial charge in [0.1, 0.15) is 5.15 Å². The summed E-state index contributed by atoms with van der Waals surface area (Å²) in [5, 5.41) is 8.39. The fraction of sp³-hybridized carbons (Fsp3) is 0.0526. The summed E-state index contributed by atoms with van der Waals surface area (Å²) in [4.78, 5) is 0. The molecule has 2 heterocycles. The summed E-state index contributed by atoms with van der Waals surface area (Å²) >= 11 is 30.7. The van der Waals surface area contributed by atoms with Gasteiger partial charge in [0.2, 0.25) is 0 Å². The molecule has 0 amide bonds. The molecule has 0 bridgehead atoms. The second-order valence-corrected chi connectivity index (χ2v) is 8.24. The van der Waals surface area contributed by atoms with Crippen molar-refractivity contribution in [3.63, 3.8) is 0 Å².